The van der Waals surface area contributed by atoms with E-state index >= 15 is 0 Å². The summed E-state index contributed by atoms with van der Waals surface area (Å²) in [5.41, 5.74) is 0.406. The lowest BCUT2D eigenvalue weighted by Crippen LogP contribution is -2.46. The van der Waals surface area contributed by atoms with Crippen molar-refractivity contribution >= 4 is 28.3 Å². The molecule has 1 aliphatic heterocycles. The molecule has 1 aromatic rings. The van der Waals surface area contributed by atoms with Crippen LogP contribution >= 0.6 is 12.4 Å². The fourth-order valence-electron chi connectivity index (χ4n) is 2.23. The summed E-state index contributed by atoms with van der Waals surface area (Å²) in [6, 6.07) is 6.00. The van der Waals surface area contributed by atoms with Crippen molar-refractivity contribution in [2.45, 2.75) is 24.8 Å². The number of hydrogen-bond acceptors (Lipinski definition) is 4. The van der Waals surface area contributed by atoms with E-state index in [1.807, 2.05) is 0 Å². The molecule has 0 aromatic heterocycles. The minimum atomic E-state index is -3.58. The van der Waals surface area contributed by atoms with E-state index in [0.29, 0.717) is 18.7 Å². The number of halogens is 1. The SMILES string of the molecule is CC(C)NS(=O)(=O)c1cccc(C(=O)N2CCNCC2)c1.Cl. The number of carbonyl (C=O) groups excluding carboxylic acids is 1. The fourth-order valence-corrected chi connectivity index (χ4v) is 3.52. The number of benzene rings is 1. The van der Waals surface area contributed by atoms with E-state index in [4.69, 9.17) is 0 Å². The fraction of sp³-hybridized carbons (Fsp3) is 0.500. The van der Waals surface area contributed by atoms with Crippen LogP contribution in [0.25, 0.3) is 0 Å². The molecule has 8 heteroatoms. The molecule has 1 aliphatic rings. The average molecular weight is 348 g/mol. The standard InChI is InChI=1S/C14H21N3O3S.ClH/c1-11(2)16-21(19,20)13-5-3-4-12(10-13)14(18)17-8-6-15-7-9-17;/h3-5,10-11,15-16H,6-9H2,1-2H3;1H. The maximum Gasteiger partial charge on any atom is 0.253 e. The van der Waals surface area contributed by atoms with Gasteiger partial charge in [-0.25, -0.2) is 13.1 Å². The van der Waals surface area contributed by atoms with E-state index in [1.54, 1.807) is 30.9 Å². The molecule has 0 aliphatic carbocycles. The molecule has 22 heavy (non-hydrogen) atoms. The van der Waals surface area contributed by atoms with Gasteiger partial charge >= 0.3 is 0 Å². The van der Waals surface area contributed by atoms with Gasteiger partial charge in [0, 0.05) is 37.8 Å². The van der Waals surface area contributed by atoms with Crippen molar-refractivity contribution in [1.29, 1.82) is 0 Å². The van der Waals surface area contributed by atoms with Gasteiger partial charge in [-0.15, -0.1) is 12.4 Å². The Hall–Kier alpha value is -1.15. The molecule has 1 saturated heterocycles. The molecule has 0 saturated carbocycles. The van der Waals surface area contributed by atoms with Gasteiger partial charge in [0.05, 0.1) is 4.90 Å². The number of piperazine rings is 1. The Labute approximate surface area is 137 Å². The highest BCUT2D eigenvalue weighted by molar-refractivity contribution is 7.89. The van der Waals surface area contributed by atoms with Crippen LogP contribution in [0.1, 0.15) is 24.2 Å². The molecule has 6 nitrogen and oxygen atoms in total. The van der Waals surface area contributed by atoms with Crippen molar-refractivity contribution in [3.05, 3.63) is 29.8 Å². The first-order valence-corrected chi connectivity index (χ1v) is 8.51. The molecule has 2 N–H and O–H groups in total. The summed E-state index contributed by atoms with van der Waals surface area (Å²) in [5, 5.41) is 3.18. The van der Waals surface area contributed by atoms with Crippen molar-refractivity contribution in [2.24, 2.45) is 0 Å². The molecular weight excluding hydrogens is 326 g/mol. The number of nitrogens with one attached hydrogen (secondary N) is 2. The van der Waals surface area contributed by atoms with Gasteiger partial charge in [0.15, 0.2) is 0 Å². The summed E-state index contributed by atoms with van der Waals surface area (Å²) in [4.78, 5) is 14.2. The second-order valence-electron chi connectivity index (χ2n) is 5.35. The number of carbonyl (C=O) groups is 1. The normalized spacial score (nSPS) is 15.5. The largest absolute Gasteiger partial charge is 0.336 e. The van der Waals surface area contributed by atoms with Gasteiger partial charge in [0.1, 0.15) is 0 Å². The zero-order valence-corrected chi connectivity index (χ0v) is 14.3. The van der Waals surface area contributed by atoms with Gasteiger partial charge in [-0.3, -0.25) is 4.79 Å². The smallest absolute Gasteiger partial charge is 0.253 e. The molecule has 0 spiro atoms. The lowest BCUT2D eigenvalue weighted by molar-refractivity contribution is 0.0735. The Morgan fingerprint density at radius 2 is 1.91 bits per heavy atom. The Bertz CT molecular complexity index is 614. The second-order valence-corrected chi connectivity index (χ2v) is 7.06. The number of hydrogen-bond donors (Lipinski definition) is 2. The lowest BCUT2D eigenvalue weighted by atomic mass is 10.2. The summed E-state index contributed by atoms with van der Waals surface area (Å²) in [5.74, 6) is -0.127. The predicted octanol–water partition coefficient (Wildman–Crippen LogP) is 0.841. The highest BCUT2D eigenvalue weighted by atomic mass is 35.5. The Balaban J connectivity index is 0.00000242. The number of rotatable bonds is 4. The van der Waals surface area contributed by atoms with Crippen LogP contribution < -0.4 is 10.0 Å². The van der Waals surface area contributed by atoms with Crippen molar-refractivity contribution < 1.29 is 13.2 Å². The van der Waals surface area contributed by atoms with Gasteiger partial charge in [-0.1, -0.05) is 6.07 Å². The van der Waals surface area contributed by atoms with E-state index in [2.05, 4.69) is 10.0 Å². The molecule has 0 bridgehead atoms. The van der Waals surface area contributed by atoms with Crippen LogP contribution in [0.3, 0.4) is 0 Å². The molecular formula is C14H22ClN3O3S. The van der Waals surface area contributed by atoms with Gasteiger partial charge in [0.2, 0.25) is 10.0 Å². The van der Waals surface area contributed by atoms with Crippen molar-refractivity contribution in [2.75, 3.05) is 26.2 Å². The van der Waals surface area contributed by atoms with E-state index in [-0.39, 0.29) is 29.3 Å². The number of nitrogens with zero attached hydrogens (tertiary/aromatic N) is 1. The number of amides is 1. The Morgan fingerprint density at radius 1 is 1.27 bits per heavy atom. The van der Waals surface area contributed by atoms with E-state index in [0.717, 1.165) is 13.1 Å². The van der Waals surface area contributed by atoms with Crippen LogP contribution in [0.2, 0.25) is 0 Å². The van der Waals surface area contributed by atoms with Crippen LogP contribution in [-0.2, 0) is 10.0 Å². The van der Waals surface area contributed by atoms with Gasteiger partial charge in [-0.05, 0) is 32.0 Å². The van der Waals surface area contributed by atoms with Crippen molar-refractivity contribution in [3.63, 3.8) is 0 Å². The van der Waals surface area contributed by atoms with Gasteiger partial charge in [-0.2, -0.15) is 0 Å². The van der Waals surface area contributed by atoms with Gasteiger partial charge in [0.25, 0.3) is 5.91 Å². The quantitative estimate of drug-likeness (QED) is 0.846. The monoisotopic (exact) mass is 347 g/mol. The first-order chi connectivity index (χ1) is 9.90. The maximum atomic E-state index is 12.4. The molecule has 0 unspecified atom stereocenters. The zero-order chi connectivity index (χ0) is 15.5. The lowest BCUT2D eigenvalue weighted by Gasteiger charge is -2.27. The molecule has 0 radical (unpaired) electrons. The summed E-state index contributed by atoms with van der Waals surface area (Å²) >= 11 is 0. The molecule has 2 rings (SSSR count). The van der Waals surface area contributed by atoms with E-state index in [9.17, 15) is 13.2 Å². The van der Waals surface area contributed by atoms with Crippen LogP contribution in [-0.4, -0.2) is 51.4 Å². The molecule has 124 valence electrons. The highest BCUT2D eigenvalue weighted by Gasteiger charge is 2.21. The average Bonchev–Trinajstić information content (AvgIpc) is 2.46. The molecule has 1 aromatic carbocycles. The van der Waals surface area contributed by atoms with Crippen molar-refractivity contribution in [1.82, 2.24) is 14.9 Å². The molecule has 1 heterocycles. The third-order valence-corrected chi connectivity index (χ3v) is 4.84. The zero-order valence-electron chi connectivity index (χ0n) is 12.7. The topological polar surface area (TPSA) is 78.5 Å². The Morgan fingerprint density at radius 3 is 2.50 bits per heavy atom. The van der Waals surface area contributed by atoms with Gasteiger partial charge < -0.3 is 10.2 Å². The van der Waals surface area contributed by atoms with Crippen LogP contribution in [0.4, 0.5) is 0 Å². The summed E-state index contributed by atoms with van der Waals surface area (Å²) in [6.45, 7) is 6.32. The molecule has 0 atom stereocenters. The summed E-state index contributed by atoms with van der Waals surface area (Å²) in [6.07, 6.45) is 0. The summed E-state index contributed by atoms with van der Waals surface area (Å²) < 4.78 is 26.8. The number of sulfonamides is 1. The predicted molar refractivity (Wildman–Crippen MR) is 87.9 cm³/mol. The summed E-state index contributed by atoms with van der Waals surface area (Å²) in [7, 11) is -3.58. The first kappa shape index (κ1) is 18.9. The minimum Gasteiger partial charge on any atom is -0.336 e. The Kier molecular flexibility index (Phi) is 6.80. The van der Waals surface area contributed by atoms with E-state index < -0.39 is 10.0 Å². The third-order valence-electron chi connectivity index (χ3n) is 3.19. The third kappa shape index (κ3) is 4.67. The first-order valence-electron chi connectivity index (χ1n) is 7.02. The van der Waals surface area contributed by atoms with Crippen molar-refractivity contribution in [3.8, 4) is 0 Å². The van der Waals surface area contributed by atoms with Crippen LogP contribution in [0, 0.1) is 0 Å². The highest BCUT2D eigenvalue weighted by Crippen LogP contribution is 2.14. The molecule has 1 fully saturated rings. The maximum absolute atomic E-state index is 12.4. The van der Waals surface area contributed by atoms with Crippen LogP contribution in [0.15, 0.2) is 29.2 Å². The minimum absolute atomic E-state index is 0. The van der Waals surface area contributed by atoms with E-state index in [1.165, 1.54) is 12.1 Å². The van der Waals surface area contributed by atoms with Crippen LogP contribution in [0.5, 0.6) is 0 Å². The molecule has 1 amide bonds. The second kappa shape index (κ2) is 7.92.